The molecular formula is C12H20N2O9. The number of hydrogen-bond donors (Lipinski definition) is 6. The first kappa shape index (κ1) is 22.6. The molecule has 0 aliphatic heterocycles. The van der Waals surface area contributed by atoms with Crippen molar-refractivity contribution in [2.24, 2.45) is 5.73 Å². The summed E-state index contributed by atoms with van der Waals surface area (Å²) in [6.45, 7) is 1.08. The molecular weight excluding hydrogens is 316 g/mol. The summed E-state index contributed by atoms with van der Waals surface area (Å²) in [5, 5.41) is 35.2. The number of nitrogens with one attached hydrogen (secondary N) is 1. The molecule has 0 aromatic carbocycles. The largest absolute Gasteiger partial charge is 0.481 e. The van der Waals surface area contributed by atoms with Crippen LogP contribution >= 0.6 is 0 Å². The van der Waals surface area contributed by atoms with Gasteiger partial charge in [0.15, 0.2) is 0 Å². The Kier molecular flexibility index (Phi) is 11.7. The van der Waals surface area contributed by atoms with Crippen molar-refractivity contribution >= 4 is 29.8 Å². The van der Waals surface area contributed by atoms with E-state index in [0.29, 0.717) is 0 Å². The molecule has 11 nitrogen and oxygen atoms in total. The molecule has 0 spiro atoms. The average Bonchev–Trinajstić information content (AvgIpc) is 2.39. The summed E-state index contributed by atoms with van der Waals surface area (Å²) in [7, 11) is 0. The first-order valence-electron chi connectivity index (χ1n) is 6.39. The van der Waals surface area contributed by atoms with E-state index in [4.69, 9.17) is 31.0 Å². The summed E-state index contributed by atoms with van der Waals surface area (Å²) < 4.78 is 0. The molecule has 2 unspecified atom stereocenters. The van der Waals surface area contributed by atoms with Crippen molar-refractivity contribution < 1.29 is 44.4 Å². The molecule has 11 heteroatoms. The molecule has 0 saturated carbocycles. The smallest absolute Gasteiger partial charge is 0.326 e. The summed E-state index contributed by atoms with van der Waals surface area (Å²) in [5.74, 6) is -5.30. The maximum absolute atomic E-state index is 11.4. The Morgan fingerprint density at radius 3 is 1.74 bits per heavy atom. The lowest BCUT2D eigenvalue weighted by molar-refractivity contribution is -0.143. The molecule has 7 N–H and O–H groups in total. The molecule has 0 rings (SSSR count). The highest BCUT2D eigenvalue weighted by atomic mass is 16.4. The summed E-state index contributed by atoms with van der Waals surface area (Å²) in [6, 6.07) is -2.52. The predicted octanol–water partition coefficient (Wildman–Crippen LogP) is -1.30. The molecule has 132 valence electrons. The van der Waals surface area contributed by atoms with Crippen molar-refractivity contribution in [1.82, 2.24) is 5.32 Å². The Morgan fingerprint density at radius 2 is 1.39 bits per heavy atom. The molecule has 0 heterocycles. The number of aliphatic carboxylic acids is 4. The molecule has 0 saturated heterocycles. The number of carbonyl (C=O) groups is 5. The van der Waals surface area contributed by atoms with Crippen molar-refractivity contribution in [3.63, 3.8) is 0 Å². The number of nitrogens with two attached hydrogens (primary N) is 1. The monoisotopic (exact) mass is 336 g/mol. The topological polar surface area (TPSA) is 204 Å². The van der Waals surface area contributed by atoms with E-state index in [0.717, 1.165) is 6.92 Å². The number of hydrogen-bond acceptors (Lipinski definition) is 6. The fourth-order valence-electron chi connectivity index (χ4n) is 1.20. The normalized spacial score (nSPS) is 12.1. The van der Waals surface area contributed by atoms with E-state index in [2.05, 4.69) is 5.32 Å². The number of carboxylic acid groups (broad SMARTS) is 4. The Hall–Kier alpha value is -2.69. The zero-order valence-corrected chi connectivity index (χ0v) is 12.4. The van der Waals surface area contributed by atoms with Crippen LogP contribution in [0.5, 0.6) is 0 Å². The van der Waals surface area contributed by atoms with Gasteiger partial charge in [0.25, 0.3) is 5.97 Å². The standard InChI is InChI=1S/C10H16N2O7.C2H4O2/c11-5(9(16)17)1-3-7(13)12-6(10(18)19)2-4-8(14)15;1-2(3)4/h5-6H,1-4,11H2,(H,12,13)(H,14,15)(H,16,17)(H,18,19);1H3,(H,3,4). The third-order valence-corrected chi connectivity index (χ3v) is 2.28. The SMILES string of the molecule is CC(=O)O.NC(CCC(=O)NC(CCC(=O)O)C(=O)O)C(=O)O. The van der Waals surface area contributed by atoms with Gasteiger partial charge in [0, 0.05) is 19.8 Å². The fourth-order valence-corrected chi connectivity index (χ4v) is 1.20. The van der Waals surface area contributed by atoms with E-state index in [1.165, 1.54) is 0 Å². The van der Waals surface area contributed by atoms with E-state index < -0.39 is 48.3 Å². The van der Waals surface area contributed by atoms with Gasteiger partial charge < -0.3 is 31.5 Å². The van der Waals surface area contributed by atoms with Crippen LogP contribution in [-0.2, 0) is 24.0 Å². The van der Waals surface area contributed by atoms with Crippen LogP contribution in [0.2, 0.25) is 0 Å². The molecule has 0 aromatic rings. The lowest BCUT2D eigenvalue weighted by Crippen LogP contribution is -2.42. The third-order valence-electron chi connectivity index (χ3n) is 2.28. The Balaban J connectivity index is 0. The lowest BCUT2D eigenvalue weighted by Gasteiger charge is -2.14. The summed E-state index contributed by atoms with van der Waals surface area (Å²) >= 11 is 0. The highest BCUT2D eigenvalue weighted by molar-refractivity contribution is 5.84. The molecule has 1 amide bonds. The zero-order chi connectivity index (χ0) is 18.6. The minimum Gasteiger partial charge on any atom is -0.481 e. The van der Waals surface area contributed by atoms with Gasteiger partial charge in [-0.25, -0.2) is 4.79 Å². The van der Waals surface area contributed by atoms with Crippen molar-refractivity contribution in [1.29, 1.82) is 0 Å². The summed E-state index contributed by atoms with van der Waals surface area (Å²) in [6.07, 6.45) is -1.02. The zero-order valence-electron chi connectivity index (χ0n) is 12.4. The van der Waals surface area contributed by atoms with Crippen LogP contribution in [0.15, 0.2) is 0 Å². The van der Waals surface area contributed by atoms with E-state index >= 15 is 0 Å². The van der Waals surface area contributed by atoms with Gasteiger partial charge in [-0.3, -0.25) is 19.2 Å². The van der Waals surface area contributed by atoms with Crippen molar-refractivity contribution in [3.8, 4) is 0 Å². The van der Waals surface area contributed by atoms with E-state index in [-0.39, 0.29) is 19.3 Å². The number of amides is 1. The highest BCUT2D eigenvalue weighted by Gasteiger charge is 2.21. The molecule has 0 radical (unpaired) electrons. The molecule has 0 fully saturated rings. The quantitative estimate of drug-likeness (QED) is 0.293. The Bertz CT molecular complexity index is 446. The molecule has 2 atom stereocenters. The van der Waals surface area contributed by atoms with Crippen molar-refractivity contribution in [2.75, 3.05) is 0 Å². The minimum absolute atomic E-state index is 0.133. The lowest BCUT2D eigenvalue weighted by atomic mass is 10.1. The van der Waals surface area contributed by atoms with Gasteiger partial charge in [-0.2, -0.15) is 0 Å². The molecule has 23 heavy (non-hydrogen) atoms. The van der Waals surface area contributed by atoms with E-state index in [9.17, 15) is 19.2 Å². The Morgan fingerprint density at radius 1 is 0.913 bits per heavy atom. The second kappa shape index (κ2) is 11.9. The van der Waals surface area contributed by atoms with Gasteiger partial charge in [0.05, 0.1) is 0 Å². The predicted molar refractivity (Wildman–Crippen MR) is 74.6 cm³/mol. The Labute approximate surface area is 131 Å². The second-order valence-electron chi connectivity index (χ2n) is 4.39. The molecule has 0 bridgehead atoms. The van der Waals surface area contributed by atoms with Gasteiger partial charge in [0.2, 0.25) is 5.91 Å². The van der Waals surface area contributed by atoms with E-state index in [1.54, 1.807) is 0 Å². The number of carbonyl (C=O) groups excluding carboxylic acids is 1. The van der Waals surface area contributed by atoms with Crippen LogP contribution in [0.4, 0.5) is 0 Å². The van der Waals surface area contributed by atoms with Gasteiger partial charge in [-0.05, 0) is 12.8 Å². The van der Waals surface area contributed by atoms with Crippen LogP contribution in [-0.4, -0.2) is 62.3 Å². The first-order chi connectivity index (χ1) is 10.5. The highest BCUT2D eigenvalue weighted by Crippen LogP contribution is 2.01. The van der Waals surface area contributed by atoms with Gasteiger partial charge >= 0.3 is 17.9 Å². The summed E-state index contributed by atoms with van der Waals surface area (Å²) in [5.41, 5.74) is 5.18. The number of rotatable bonds is 9. The molecule has 0 aromatic heterocycles. The molecule has 0 aliphatic rings. The van der Waals surface area contributed by atoms with Gasteiger partial charge in [0.1, 0.15) is 12.1 Å². The number of carboxylic acids is 4. The van der Waals surface area contributed by atoms with E-state index in [1.807, 2.05) is 0 Å². The van der Waals surface area contributed by atoms with Crippen LogP contribution in [0, 0.1) is 0 Å². The third kappa shape index (κ3) is 15.5. The summed E-state index contributed by atoms with van der Waals surface area (Å²) in [4.78, 5) is 51.8. The first-order valence-corrected chi connectivity index (χ1v) is 6.39. The maximum Gasteiger partial charge on any atom is 0.326 e. The van der Waals surface area contributed by atoms with Gasteiger partial charge in [-0.15, -0.1) is 0 Å². The van der Waals surface area contributed by atoms with Crippen LogP contribution < -0.4 is 11.1 Å². The second-order valence-corrected chi connectivity index (χ2v) is 4.39. The maximum atomic E-state index is 11.4. The molecule has 0 aliphatic carbocycles. The van der Waals surface area contributed by atoms with Crippen LogP contribution in [0.25, 0.3) is 0 Å². The van der Waals surface area contributed by atoms with Crippen molar-refractivity contribution in [3.05, 3.63) is 0 Å². The fraction of sp³-hybridized carbons (Fsp3) is 0.583. The average molecular weight is 336 g/mol. The van der Waals surface area contributed by atoms with Gasteiger partial charge in [-0.1, -0.05) is 0 Å². The van der Waals surface area contributed by atoms with Crippen LogP contribution in [0.3, 0.4) is 0 Å². The van der Waals surface area contributed by atoms with Crippen LogP contribution in [0.1, 0.15) is 32.6 Å². The van der Waals surface area contributed by atoms with Crippen molar-refractivity contribution in [2.45, 2.75) is 44.7 Å². The minimum atomic E-state index is -1.35.